The second-order valence-corrected chi connectivity index (χ2v) is 7.13. The van der Waals surface area contributed by atoms with Gasteiger partial charge in [-0.05, 0) is 48.9 Å². The molecular formula is C16H22N2OS. The lowest BCUT2D eigenvalue weighted by molar-refractivity contribution is -0.120. The molecule has 4 heteroatoms. The van der Waals surface area contributed by atoms with Crippen molar-refractivity contribution < 1.29 is 4.79 Å². The molecule has 2 aliphatic rings. The Morgan fingerprint density at radius 3 is 2.80 bits per heavy atom. The van der Waals surface area contributed by atoms with Gasteiger partial charge in [0.05, 0.1) is 6.04 Å². The fourth-order valence-corrected chi connectivity index (χ4v) is 4.01. The summed E-state index contributed by atoms with van der Waals surface area (Å²) in [6, 6.07) is 4.44. The van der Waals surface area contributed by atoms with E-state index in [4.69, 9.17) is 0 Å². The maximum absolute atomic E-state index is 12.8. The number of carbonyl (C=O) groups excluding carboxylic acids is 1. The largest absolute Gasteiger partial charge is 0.310 e. The maximum Gasteiger partial charge on any atom is 0.245 e. The number of nitrogens with one attached hydrogen (secondary N) is 1. The Kier molecular flexibility index (Phi) is 3.78. The number of hydrogen-bond donors (Lipinski definition) is 1. The first-order valence-electron chi connectivity index (χ1n) is 7.29. The topological polar surface area (TPSA) is 32.3 Å². The second-order valence-electron chi connectivity index (χ2n) is 6.10. The molecule has 0 bridgehead atoms. The third-order valence-electron chi connectivity index (χ3n) is 4.33. The van der Waals surface area contributed by atoms with Gasteiger partial charge < -0.3 is 4.90 Å². The Bertz CT molecular complexity index is 538. The standard InChI is InChI=1S/C16H22N2OS/c1-10-4-13-5-11(2)12(3)6-15(13)18(7-10)16(19)14-8-20-9-17-14/h5-6,10,14,17H,4,7-9H2,1-3H3. The van der Waals surface area contributed by atoms with Gasteiger partial charge in [0.15, 0.2) is 0 Å². The van der Waals surface area contributed by atoms with Gasteiger partial charge in [0.1, 0.15) is 0 Å². The molecule has 0 spiro atoms. The molecule has 2 atom stereocenters. The lowest BCUT2D eigenvalue weighted by Crippen LogP contribution is -2.48. The van der Waals surface area contributed by atoms with Crippen molar-refractivity contribution in [3.05, 3.63) is 28.8 Å². The van der Waals surface area contributed by atoms with Crippen molar-refractivity contribution in [2.24, 2.45) is 5.92 Å². The van der Waals surface area contributed by atoms with Gasteiger partial charge in [-0.15, -0.1) is 11.8 Å². The Hall–Kier alpha value is -1.000. The molecule has 1 aromatic rings. The van der Waals surface area contributed by atoms with Crippen LogP contribution in [0.1, 0.15) is 23.6 Å². The van der Waals surface area contributed by atoms with Gasteiger partial charge >= 0.3 is 0 Å². The average Bonchev–Trinajstić information content (AvgIpc) is 2.93. The molecule has 3 nitrogen and oxygen atoms in total. The van der Waals surface area contributed by atoms with Crippen molar-refractivity contribution in [1.82, 2.24) is 5.32 Å². The first-order valence-corrected chi connectivity index (χ1v) is 8.44. The van der Waals surface area contributed by atoms with Gasteiger partial charge in [0, 0.05) is 23.9 Å². The van der Waals surface area contributed by atoms with Gasteiger partial charge in [-0.2, -0.15) is 0 Å². The SMILES string of the molecule is Cc1cc2c(cc1C)N(C(=O)C1CSCN1)CC(C)C2. The number of nitrogens with zero attached hydrogens (tertiary/aromatic N) is 1. The fourth-order valence-electron chi connectivity index (χ4n) is 3.08. The fraction of sp³-hybridized carbons (Fsp3) is 0.562. The van der Waals surface area contributed by atoms with Crippen LogP contribution in [0.4, 0.5) is 5.69 Å². The van der Waals surface area contributed by atoms with Crippen LogP contribution >= 0.6 is 11.8 Å². The minimum absolute atomic E-state index is 0.0141. The van der Waals surface area contributed by atoms with Crippen LogP contribution in [0.15, 0.2) is 12.1 Å². The predicted octanol–water partition coefficient (Wildman–Crippen LogP) is 2.49. The van der Waals surface area contributed by atoms with E-state index in [1.54, 1.807) is 11.8 Å². The number of fused-ring (bicyclic) bond motifs is 1. The third-order valence-corrected chi connectivity index (χ3v) is 5.27. The van der Waals surface area contributed by atoms with Crippen LogP contribution in [0.3, 0.4) is 0 Å². The van der Waals surface area contributed by atoms with Gasteiger partial charge in [-0.1, -0.05) is 13.0 Å². The molecule has 1 fully saturated rings. The van der Waals surface area contributed by atoms with E-state index in [9.17, 15) is 4.79 Å². The zero-order chi connectivity index (χ0) is 14.3. The molecule has 2 aliphatic heterocycles. The van der Waals surface area contributed by atoms with Crippen LogP contribution in [-0.4, -0.2) is 30.1 Å². The summed E-state index contributed by atoms with van der Waals surface area (Å²) in [6.45, 7) is 7.35. The van der Waals surface area contributed by atoms with E-state index in [0.29, 0.717) is 5.92 Å². The highest BCUT2D eigenvalue weighted by atomic mass is 32.2. The van der Waals surface area contributed by atoms with Crippen molar-refractivity contribution in [2.45, 2.75) is 33.2 Å². The van der Waals surface area contributed by atoms with E-state index in [0.717, 1.165) is 30.3 Å². The van der Waals surface area contributed by atoms with Crippen molar-refractivity contribution >= 4 is 23.4 Å². The minimum Gasteiger partial charge on any atom is -0.310 e. The highest BCUT2D eigenvalue weighted by molar-refractivity contribution is 7.99. The molecule has 3 rings (SSSR count). The maximum atomic E-state index is 12.8. The van der Waals surface area contributed by atoms with E-state index >= 15 is 0 Å². The molecule has 1 saturated heterocycles. The lowest BCUT2D eigenvalue weighted by Gasteiger charge is -2.35. The molecule has 108 valence electrons. The van der Waals surface area contributed by atoms with E-state index in [1.165, 1.54) is 16.7 Å². The van der Waals surface area contributed by atoms with Crippen LogP contribution in [0.25, 0.3) is 0 Å². The van der Waals surface area contributed by atoms with Crippen LogP contribution in [0.5, 0.6) is 0 Å². The summed E-state index contributed by atoms with van der Waals surface area (Å²) < 4.78 is 0. The van der Waals surface area contributed by atoms with Crippen LogP contribution in [0, 0.1) is 19.8 Å². The molecule has 0 aliphatic carbocycles. The summed E-state index contributed by atoms with van der Waals surface area (Å²) >= 11 is 1.80. The van der Waals surface area contributed by atoms with Gasteiger partial charge in [-0.25, -0.2) is 0 Å². The first-order chi connectivity index (χ1) is 9.56. The Morgan fingerprint density at radius 1 is 1.35 bits per heavy atom. The van der Waals surface area contributed by atoms with Crippen molar-refractivity contribution in [3.8, 4) is 0 Å². The summed E-state index contributed by atoms with van der Waals surface area (Å²) in [7, 11) is 0. The summed E-state index contributed by atoms with van der Waals surface area (Å²) in [6.07, 6.45) is 1.08. The van der Waals surface area contributed by atoms with Crippen LogP contribution in [-0.2, 0) is 11.2 Å². The van der Waals surface area contributed by atoms with Gasteiger partial charge in [0.2, 0.25) is 5.91 Å². The van der Waals surface area contributed by atoms with E-state index in [-0.39, 0.29) is 11.9 Å². The molecule has 1 amide bonds. The number of amides is 1. The number of rotatable bonds is 1. The Balaban J connectivity index is 1.96. The molecule has 0 aromatic heterocycles. The minimum atomic E-state index is -0.0141. The number of carbonyl (C=O) groups is 1. The molecule has 2 heterocycles. The molecule has 0 radical (unpaired) electrons. The van der Waals surface area contributed by atoms with Crippen molar-refractivity contribution in [3.63, 3.8) is 0 Å². The summed E-state index contributed by atoms with van der Waals surface area (Å²) in [5, 5.41) is 3.30. The van der Waals surface area contributed by atoms with E-state index in [2.05, 4.69) is 38.2 Å². The zero-order valence-corrected chi connectivity index (χ0v) is 13.2. The lowest BCUT2D eigenvalue weighted by atomic mass is 9.90. The Morgan fingerprint density at radius 2 is 2.10 bits per heavy atom. The van der Waals surface area contributed by atoms with Crippen molar-refractivity contribution in [1.29, 1.82) is 0 Å². The summed E-state index contributed by atoms with van der Waals surface area (Å²) in [5.74, 6) is 2.55. The molecule has 1 N–H and O–H groups in total. The van der Waals surface area contributed by atoms with E-state index < -0.39 is 0 Å². The van der Waals surface area contributed by atoms with Crippen molar-refractivity contribution in [2.75, 3.05) is 23.1 Å². The average molecular weight is 290 g/mol. The van der Waals surface area contributed by atoms with Gasteiger partial charge in [0.25, 0.3) is 0 Å². The number of thioether (sulfide) groups is 1. The van der Waals surface area contributed by atoms with Crippen LogP contribution < -0.4 is 10.2 Å². The van der Waals surface area contributed by atoms with E-state index in [1.807, 2.05) is 4.90 Å². The molecule has 20 heavy (non-hydrogen) atoms. The van der Waals surface area contributed by atoms with Crippen LogP contribution in [0.2, 0.25) is 0 Å². The second kappa shape index (κ2) is 5.41. The van der Waals surface area contributed by atoms with Gasteiger partial charge in [-0.3, -0.25) is 10.1 Å². The predicted molar refractivity (Wildman–Crippen MR) is 85.4 cm³/mol. The summed E-state index contributed by atoms with van der Waals surface area (Å²) in [4.78, 5) is 14.8. The molecule has 2 unspecified atom stereocenters. The summed E-state index contributed by atoms with van der Waals surface area (Å²) in [5.41, 5.74) is 5.05. The number of aryl methyl sites for hydroxylation is 2. The normalized spacial score (nSPS) is 25.6. The molecule has 1 aromatic carbocycles. The number of anilines is 1. The highest BCUT2D eigenvalue weighted by Crippen LogP contribution is 2.33. The highest BCUT2D eigenvalue weighted by Gasteiger charge is 2.32. The smallest absolute Gasteiger partial charge is 0.245 e. The Labute approximate surface area is 125 Å². The molecular weight excluding hydrogens is 268 g/mol. The number of hydrogen-bond acceptors (Lipinski definition) is 3. The zero-order valence-electron chi connectivity index (χ0n) is 12.4. The molecule has 0 saturated carbocycles. The third kappa shape index (κ3) is 2.47. The number of benzene rings is 1. The quantitative estimate of drug-likeness (QED) is 0.862. The first kappa shape index (κ1) is 14.0. The monoisotopic (exact) mass is 290 g/mol.